The molecule has 0 aromatic heterocycles. The molecule has 0 atom stereocenters. The van der Waals surface area contributed by atoms with E-state index in [1.54, 1.807) is 0 Å². The molecule has 0 aliphatic heterocycles. The van der Waals surface area contributed by atoms with Gasteiger partial charge in [0.2, 0.25) is 5.91 Å². The molecule has 0 aliphatic rings. The van der Waals surface area contributed by atoms with Crippen LogP contribution in [0.15, 0.2) is 10.7 Å². The number of carbonyl (C=O) groups excluding carboxylic acids is 2. The van der Waals surface area contributed by atoms with Gasteiger partial charge in [-0.2, -0.15) is 0 Å². The Morgan fingerprint density at radius 1 is 1.50 bits per heavy atom. The number of hydrogen-bond acceptors (Lipinski definition) is 3. The van der Waals surface area contributed by atoms with Crippen LogP contribution in [-0.4, -0.2) is 19.0 Å². The summed E-state index contributed by atoms with van der Waals surface area (Å²) in [5.41, 5.74) is 0. The molecule has 0 heterocycles. The number of ether oxygens (including phenoxy) is 1. The number of amides is 1. The first kappa shape index (κ1) is 13.2. The highest BCUT2D eigenvalue weighted by molar-refractivity contribution is 9.11. The number of rotatable bonds is 5. The van der Waals surface area contributed by atoms with Crippen molar-refractivity contribution >= 4 is 27.8 Å². The second kappa shape index (κ2) is 7.55. The third kappa shape index (κ3) is 6.65. The van der Waals surface area contributed by atoms with Crippen molar-refractivity contribution in [3.63, 3.8) is 0 Å². The number of hydrogen-bond donors (Lipinski definition) is 1. The maximum Gasteiger partial charge on any atom is 0.310 e. The van der Waals surface area contributed by atoms with Crippen molar-refractivity contribution in [1.29, 1.82) is 0 Å². The molecular weight excluding hydrogens is 250 g/mol. The normalized spacial score (nSPS) is 10.9. The SMILES string of the molecule is CCCC(=O)N/C=C(/Br)CC(=O)OC. The average Bonchev–Trinajstić information content (AvgIpc) is 2.15. The van der Waals surface area contributed by atoms with E-state index in [-0.39, 0.29) is 18.3 Å². The van der Waals surface area contributed by atoms with Crippen molar-refractivity contribution in [3.8, 4) is 0 Å². The van der Waals surface area contributed by atoms with Gasteiger partial charge in [-0.05, 0) is 6.42 Å². The molecule has 5 heteroatoms. The monoisotopic (exact) mass is 263 g/mol. The lowest BCUT2D eigenvalue weighted by molar-refractivity contribution is -0.139. The molecule has 14 heavy (non-hydrogen) atoms. The summed E-state index contributed by atoms with van der Waals surface area (Å²) in [6, 6.07) is 0. The van der Waals surface area contributed by atoms with Crippen LogP contribution in [0.1, 0.15) is 26.2 Å². The Labute approximate surface area is 91.8 Å². The van der Waals surface area contributed by atoms with E-state index in [9.17, 15) is 9.59 Å². The van der Waals surface area contributed by atoms with Gasteiger partial charge in [0.15, 0.2) is 0 Å². The van der Waals surface area contributed by atoms with Gasteiger partial charge in [0.1, 0.15) is 0 Å². The fourth-order valence-corrected chi connectivity index (χ4v) is 1.06. The summed E-state index contributed by atoms with van der Waals surface area (Å²) in [4.78, 5) is 21.8. The fraction of sp³-hybridized carbons (Fsp3) is 0.556. The lowest BCUT2D eigenvalue weighted by Gasteiger charge is -2.00. The number of methoxy groups -OCH3 is 1. The van der Waals surface area contributed by atoms with E-state index in [1.165, 1.54) is 13.3 Å². The summed E-state index contributed by atoms with van der Waals surface area (Å²) in [6.45, 7) is 1.92. The van der Waals surface area contributed by atoms with Gasteiger partial charge in [0.05, 0.1) is 13.5 Å². The van der Waals surface area contributed by atoms with Crippen LogP contribution in [0.25, 0.3) is 0 Å². The van der Waals surface area contributed by atoms with Crippen LogP contribution >= 0.6 is 15.9 Å². The number of esters is 1. The molecule has 0 radical (unpaired) electrons. The molecule has 0 aromatic rings. The molecule has 0 bridgehead atoms. The second-order valence-corrected chi connectivity index (χ2v) is 3.68. The Balaban J connectivity index is 3.87. The maximum atomic E-state index is 11.0. The highest BCUT2D eigenvalue weighted by Gasteiger charge is 2.03. The molecule has 4 nitrogen and oxygen atoms in total. The van der Waals surface area contributed by atoms with Crippen molar-refractivity contribution < 1.29 is 14.3 Å². The molecule has 0 spiro atoms. The highest BCUT2D eigenvalue weighted by atomic mass is 79.9. The Morgan fingerprint density at radius 2 is 2.14 bits per heavy atom. The van der Waals surface area contributed by atoms with E-state index in [0.717, 1.165) is 6.42 Å². The molecule has 0 aromatic carbocycles. The van der Waals surface area contributed by atoms with Gasteiger partial charge in [-0.3, -0.25) is 9.59 Å². The minimum Gasteiger partial charge on any atom is -0.469 e. The quantitative estimate of drug-likeness (QED) is 0.769. The summed E-state index contributed by atoms with van der Waals surface area (Å²) in [7, 11) is 1.32. The van der Waals surface area contributed by atoms with Gasteiger partial charge in [0, 0.05) is 17.1 Å². The summed E-state index contributed by atoms with van der Waals surface area (Å²) >= 11 is 3.14. The highest BCUT2D eigenvalue weighted by Crippen LogP contribution is 2.09. The second-order valence-electron chi connectivity index (χ2n) is 2.66. The molecule has 80 valence electrons. The maximum absolute atomic E-state index is 11.0. The first-order chi connectivity index (χ1) is 6.60. The van der Waals surface area contributed by atoms with Crippen molar-refractivity contribution in [1.82, 2.24) is 5.32 Å². The third-order valence-electron chi connectivity index (χ3n) is 1.41. The Hall–Kier alpha value is -0.840. The van der Waals surface area contributed by atoms with Gasteiger partial charge in [-0.25, -0.2) is 0 Å². The molecule has 0 unspecified atom stereocenters. The third-order valence-corrected chi connectivity index (χ3v) is 1.92. The molecular formula is C9H14BrNO3. The Kier molecular flexibility index (Phi) is 7.10. The molecule has 0 rings (SSSR count). The van der Waals surface area contributed by atoms with Crippen LogP contribution in [0.5, 0.6) is 0 Å². The van der Waals surface area contributed by atoms with Crippen LogP contribution in [0.4, 0.5) is 0 Å². The topological polar surface area (TPSA) is 55.4 Å². The van der Waals surface area contributed by atoms with Gasteiger partial charge in [-0.15, -0.1) is 0 Å². The molecule has 1 amide bonds. The summed E-state index contributed by atoms with van der Waals surface area (Å²) < 4.78 is 5.04. The fourth-order valence-electron chi connectivity index (χ4n) is 0.719. The first-order valence-electron chi connectivity index (χ1n) is 4.30. The number of nitrogens with one attached hydrogen (secondary N) is 1. The Bertz CT molecular complexity index is 238. The van der Waals surface area contributed by atoms with Crippen molar-refractivity contribution in [2.45, 2.75) is 26.2 Å². The van der Waals surface area contributed by atoms with Crippen LogP contribution < -0.4 is 5.32 Å². The van der Waals surface area contributed by atoms with Gasteiger partial charge in [-0.1, -0.05) is 22.9 Å². The lowest BCUT2D eigenvalue weighted by atomic mass is 10.3. The summed E-state index contributed by atoms with van der Waals surface area (Å²) in [6.07, 6.45) is 2.88. The van der Waals surface area contributed by atoms with E-state index in [4.69, 9.17) is 0 Å². The molecule has 1 N–H and O–H groups in total. The van der Waals surface area contributed by atoms with Crippen molar-refractivity contribution in [2.75, 3.05) is 7.11 Å². The summed E-state index contributed by atoms with van der Waals surface area (Å²) in [5, 5.41) is 2.56. The smallest absolute Gasteiger partial charge is 0.310 e. The summed E-state index contributed by atoms with van der Waals surface area (Å²) in [5.74, 6) is -0.410. The standard InChI is InChI=1S/C9H14BrNO3/c1-3-4-8(12)11-6-7(10)5-9(13)14-2/h6H,3-5H2,1-2H3,(H,11,12)/b7-6+. The lowest BCUT2D eigenvalue weighted by Crippen LogP contribution is -2.16. The number of halogens is 1. The van der Waals surface area contributed by atoms with Crippen molar-refractivity contribution in [3.05, 3.63) is 10.7 Å². The predicted molar refractivity (Wildman–Crippen MR) is 56.7 cm³/mol. The van der Waals surface area contributed by atoms with Crippen molar-refractivity contribution in [2.24, 2.45) is 0 Å². The van der Waals surface area contributed by atoms with E-state index >= 15 is 0 Å². The predicted octanol–water partition coefficient (Wildman–Crippen LogP) is 1.70. The van der Waals surface area contributed by atoms with E-state index in [2.05, 4.69) is 26.0 Å². The van der Waals surface area contributed by atoms with E-state index < -0.39 is 0 Å². The van der Waals surface area contributed by atoms with Gasteiger partial charge in [0.25, 0.3) is 0 Å². The van der Waals surface area contributed by atoms with Crippen LogP contribution in [0.3, 0.4) is 0 Å². The first-order valence-corrected chi connectivity index (χ1v) is 5.10. The zero-order chi connectivity index (χ0) is 11.0. The van der Waals surface area contributed by atoms with Crippen LogP contribution in [-0.2, 0) is 14.3 Å². The molecule has 0 aliphatic carbocycles. The van der Waals surface area contributed by atoms with Crippen LogP contribution in [0.2, 0.25) is 0 Å². The number of carbonyl (C=O) groups is 2. The van der Waals surface area contributed by atoms with E-state index in [0.29, 0.717) is 10.9 Å². The largest absolute Gasteiger partial charge is 0.469 e. The average molecular weight is 264 g/mol. The molecule has 0 fully saturated rings. The van der Waals surface area contributed by atoms with Gasteiger partial charge < -0.3 is 10.1 Å². The Morgan fingerprint density at radius 3 is 2.64 bits per heavy atom. The van der Waals surface area contributed by atoms with Gasteiger partial charge >= 0.3 is 5.97 Å². The molecule has 0 saturated heterocycles. The molecule has 0 saturated carbocycles. The van der Waals surface area contributed by atoms with Crippen LogP contribution in [0, 0.1) is 0 Å². The van der Waals surface area contributed by atoms with E-state index in [1.807, 2.05) is 6.92 Å². The minimum absolute atomic E-state index is 0.0608. The minimum atomic E-state index is -0.349. The zero-order valence-corrected chi connectivity index (χ0v) is 9.89. The zero-order valence-electron chi connectivity index (χ0n) is 8.30.